The molecule has 0 saturated carbocycles. The fourth-order valence-corrected chi connectivity index (χ4v) is 1.70. The number of amides is 1. The van der Waals surface area contributed by atoms with E-state index in [-0.39, 0.29) is 5.91 Å². The second-order valence-electron chi connectivity index (χ2n) is 4.63. The molecule has 0 aromatic heterocycles. The van der Waals surface area contributed by atoms with E-state index >= 15 is 0 Å². The Kier molecular flexibility index (Phi) is 6.15. The summed E-state index contributed by atoms with van der Waals surface area (Å²) in [5, 5.41) is 3.25. The molecule has 0 spiro atoms. The van der Waals surface area contributed by atoms with E-state index in [9.17, 15) is 4.79 Å². The van der Waals surface area contributed by atoms with Crippen molar-refractivity contribution in [3.8, 4) is 0 Å². The summed E-state index contributed by atoms with van der Waals surface area (Å²) in [7, 11) is 5.16. The molecule has 0 aliphatic rings. The van der Waals surface area contributed by atoms with E-state index in [2.05, 4.69) is 5.32 Å². The molecule has 19 heavy (non-hydrogen) atoms. The zero-order valence-corrected chi connectivity index (χ0v) is 11.9. The first-order valence-electron chi connectivity index (χ1n) is 6.40. The lowest BCUT2D eigenvalue weighted by Gasteiger charge is -2.14. The number of nitrogens with two attached hydrogens (primary N) is 1. The first kappa shape index (κ1) is 15.3. The minimum atomic E-state index is -0.0255. The second kappa shape index (κ2) is 7.63. The van der Waals surface area contributed by atoms with Crippen LogP contribution >= 0.6 is 0 Å². The molecule has 1 amide bonds. The Labute approximate surface area is 114 Å². The SMILES string of the molecule is COCCCCNc1cc(C(=O)N(C)C)ccc1N. The molecule has 5 heteroatoms. The lowest BCUT2D eigenvalue weighted by molar-refractivity contribution is 0.0827. The quantitative estimate of drug-likeness (QED) is 0.583. The van der Waals surface area contributed by atoms with Crippen LogP contribution in [0.1, 0.15) is 23.2 Å². The van der Waals surface area contributed by atoms with Crippen LogP contribution in [0.4, 0.5) is 11.4 Å². The number of carbonyl (C=O) groups excluding carboxylic acids is 1. The summed E-state index contributed by atoms with van der Waals surface area (Å²) in [6.45, 7) is 1.57. The number of unbranched alkanes of at least 4 members (excludes halogenated alkanes) is 1. The van der Waals surface area contributed by atoms with Gasteiger partial charge in [-0.15, -0.1) is 0 Å². The number of methoxy groups -OCH3 is 1. The Bertz CT molecular complexity index is 419. The number of benzene rings is 1. The molecule has 0 fully saturated rings. The number of carbonyl (C=O) groups is 1. The van der Waals surface area contributed by atoms with Crippen molar-refractivity contribution in [1.29, 1.82) is 0 Å². The van der Waals surface area contributed by atoms with Crippen LogP contribution in [-0.2, 0) is 4.74 Å². The highest BCUT2D eigenvalue weighted by Crippen LogP contribution is 2.20. The Hall–Kier alpha value is -1.75. The Morgan fingerprint density at radius 3 is 2.74 bits per heavy atom. The molecule has 0 aliphatic carbocycles. The van der Waals surface area contributed by atoms with Gasteiger partial charge in [-0.25, -0.2) is 0 Å². The molecule has 1 aromatic rings. The minimum absolute atomic E-state index is 0.0255. The molecule has 0 unspecified atom stereocenters. The van der Waals surface area contributed by atoms with Crippen molar-refractivity contribution in [2.24, 2.45) is 0 Å². The van der Waals surface area contributed by atoms with Gasteiger partial charge < -0.3 is 20.7 Å². The van der Waals surface area contributed by atoms with Gasteiger partial charge in [0.25, 0.3) is 5.91 Å². The fourth-order valence-electron chi connectivity index (χ4n) is 1.70. The third-order valence-corrected chi connectivity index (χ3v) is 2.80. The normalized spacial score (nSPS) is 10.3. The molecule has 1 aromatic carbocycles. The Balaban J connectivity index is 2.62. The van der Waals surface area contributed by atoms with Gasteiger partial charge in [0.1, 0.15) is 0 Å². The molecule has 1 rings (SSSR count). The van der Waals surface area contributed by atoms with Crippen molar-refractivity contribution in [2.75, 3.05) is 45.4 Å². The largest absolute Gasteiger partial charge is 0.397 e. The zero-order valence-electron chi connectivity index (χ0n) is 11.9. The molecule has 5 nitrogen and oxygen atoms in total. The molecule has 106 valence electrons. The van der Waals surface area contributed by atoms with Gasteiger partial charge in [-0.1, -0.05) is 0 Å². The van der Waals surface area contributed by atoms with Crippen LogP contribution in [0.15, 0.2) is 18.2 Å². The maximum Gasteiger partial charge on any atom is 0.253 e. The highest BCUT2D eigenvalue weighted by atomic mass is 16.5. The third-order valence-electron chi connectivity index (χ3n) is 2.80. The van der Waals surface area contributed by atoms with E-state index in [0.29, 0.717) is 11.3 Å². The summed E-state index contributed by atoms with van der Waals surface area (Å²) in [4.78, 5) is 13.4. The van der Waals surface area contributed by atoms with Gasteiger partial charge in [-0.2, -0.15) is 0 Å². The summed E-state index contributed by atoms with van der Waals surface area (Å²) in [5.74, 6) is -0.0255. The lowest BCUT2D eigenvalue weighted by Crippen LogP contribution is -2.21. The van der Waals surface area contributed by atoms with Gasteiger partial charge in [0, 0.05) is 39.9 Å². The first-order valence-corrected chi connectivity index (χ1v) is 6.40. The van der Waals surface area contributed by atoms with Crippen LogP contribution in [0.2, 0.25) is 0 Å². The topological polar surface area (TPSA) is 67.6 Å². The standard InChI is InChI=1S/C14H23N3O2/c1-17(2)14(18)11-6-7-12(15)13(10-11)16-8-4-5-9-19-3/h6-7,10,16H,4-5,8-9,15H2,1-3H3. The van der Waals surface area contributed by atoms with Crippen LogP contribution in [0.5, 0.6) is 0 Å². The van der Waals surface area contributed by atoms with E-state index in [1.54, 1.807) is 44.3 Å². The highest BCUT2D eigenvalue weighted by Gasteiger charge is 2.09. The highest BCUT2D eigenvalue weighted by molar-refractivity contribution is 5.95. The van der Waals surface area contributed by atoms with Crippen LogP contribution in [0.3, 0.4) is 0 Å². The van der Waals surface area contributed by atoms with Crippen molar-refractivity contribution in [1.82, 2.24) is 4.90 Å². The fraction of sp³-hybridized carbons (Fsp3) is 0.500. The van der Waals surface area contributed by atoms with E-state index in [4.69, 9.17) is 10.5 Å². The van der Waals surface area contributed by atoms with Gasteiger partial charge in [0.2, 0.25) is 0 Å². The average molecular weight is 265 g/mol. The molecule has 3 N–H and O–H groups in total. The minimum Gasteiger partial charge on any atom is -0.397 e. The van der Waals surface area contributed by atoms with Crippen LogP contribution in [0.25, 0.3) is 0 Å². The maximum atomic E-state index is 11.9. The smallest absolute Gasteiger partial charge is 0.253 e. The van der Waals surface area contributed by atoms with E-state index in [1.165, 1.54) is 0 Å². The van der Waals surface area contributed by atoms with Gasteiger partial charge in [-0.3, -0.25) is 4.79 Å². The van der Waals surface area contributed by atoms with Gasteiger partial charge in [0.15, 0.2) is 0 Å². The second-order valence-corrected chi connectivity index (χ2v) is 4.63. The molecular formula is C14H23N3O2. The predicted molar refractivity (Wildman–Crippen MR) is 78.5 cm³/mol. The summed E-state index contributed by atoms with van der Waals surface area (Å²) in [5.41, 5.74) is 8.00. The predicted octanol–water partition coefficient (Wildman–Crippen LogP) is 1.81. The molecule has 0 radical (unpaired) electrons. The number of ether oxygens (including phenoxy) is 1. The third kappa shape index (κ3) is 4.79. The van der Waals surface area contributed by atoms with E-state index in [1.807, 2.05) is 0 Å². The first-order chi connectivity index (χ1) is 9.06. The van der Waals surface area contributed by atoms with Crippen molar-refractivity contribution in [2.45, 2.75) is 12.8 Å². The van der Waals surface area contributed by atoms with Crippen molar-refractivity contribution >= 4 is 17.3 Å². The van der Waals surface area contributed by atoms with E-state index < -0.39 is 0 Å². The molecule has 0 bridgehead atoms. The zero-order chi connectivity index (χ0) is 14.3. The summed E-state index contributed by atoms with van der Waals surface area (Å²) in [6, 6.07) is 5.30. The van der Waals surface area contributed by atoms with Crippen molar-refractivity contribution in [3.05, 3.63) is 23.8 Å². The number of rotatable bonds is 7. The molecular weight excluding hydrogens is 242 g/mol. The van der Waals surface area contributed by atoms with Gasteiger partial charge >= 0.3 is 0 Å². The van der Waals surface area contributed by atoms with Crippen molar-refractivity contribution in [3.63, 3.8) is 0 Å². The number of nitrogens with one attached hydrogen (secondary N) is 1. The van der Waals surface area contributed by atoms with Gasteiger partial charge in [0.05, 0.1) is 11.4 Å². The van der Waals surface area contributed by atoms with Crippen LogP contribution < -0.4 is 11.1 Å². The monoisotopic (exact) mass is 265 g/mol. The Morgan fingerprint density at radius 2 is 2.11 bits per heavy atom. The molecule has 0 aliphatic heterocycles. The number of hydrogen-bond donors (Lipinski definition) is 2. The number of nitrogen functional groups attached to an aromatic ring is 1. The maximum absolute atomic E-state index is 11.9. The number of anilines is 2. The number of nitrogens with zero attached hydrogens (tertiary/aromatic N) is 1. The number of hydrogen-bond acceptors (Lipinski definition) is 4. The van der Waals surface area contributed by atoms with Crippen LogP contribution in [-0.4, -0.2) is 45.2 Å². The summed E-state index contributed by atoms with van der Waals surface area (Å²) in [6.07, 6.45) is 2.00. The molecule has 0 heterocycles. The lowest BCUT2D eigenvalue weighted by atomic mass is 10.1. The van der Waals surface area contributed by atoms with E-state index in [0.717, 1.165) is 31.7 Å². The van der Waals surface area contributed by atoms with Crippen molar-refractivity contribution < 1.29 is 9.53 Å². The summed E-state index contributed by atoms with van der Waals surface area (Å²) >= 11 is 0. The molecule has 0 atom stereocenters. The molecule has 0 saturated heterocycles. The van der Waals surface area contributed by atoms with Crippen LogP contribution in [0, 0.1) is 0 Å². The Morgan fingerprint density at radius 1 is 1.37 bits per heavy atom. The average Bonchev–Trinajstić information content (AvgIpc) is 2.39. The summed E-state index contributed by atoms with van der Waals surface area (Å²) < 4.78 is 4.99. The van der Waals surface area contributed by atoms with Gasteiger partial charge in [-0.05, 0) is 31.0 Å².